The number of allylic oxidation sites excluding steroid dienone is 4. The topological polar surface area (TPSA) is 12.4 Å². The molecule has 0 aliphatic heterocycles. The van der Waals surface area contributed by atoms with E-state index < -0.39 is 0 Å². The van der Waals surface area contributed by atoms with E-state index >= 15 is 0 Å². The number of aliphatic imine (C=N–C) groups is 1. The molecular weight excluding hydrogens is 249 g/mol. The van der Waals surface area contributed by atoms with Crippen LogP contribution in [0.1, 0.15) is 61.3 Å². The molecule has 0 aromatic rings. The Morgan fingerprint density at radius 3 is 2.10 bits per heavy atom. The molecule has 0 amide bonds. The Kier molecular flexibility index (Phi) is 9.45. The second-order valence-electron chi connectivity index (χ2n) is 5.99. The highest BCUT2D eigenvalue weighted by Gasteiger charge is 2.19. The lowest BCUT2D eigenvalue weighted by molar-refractivity contribution is 0.537. The van der Waals surface area contributed by atoms with Crippen molar-refractivity contribution in [1.82, 2.24) is 0 Å². The number of hydrogen-bond acceptors (Lipinski definition) is 1. The van der Waals surface area contributed by atoms with Gasteiger partial charge in [0.05, 0.1) is 5.83 Å². The highest BCUT2D eigenvalue weighted by Crippen LogP contribution is 2.25. The van der Waals surface area contributed by atoms with E-state index in [1.54, 1.807) is 6.08 Å². The van der Waals surface area contributed by atoms with E-state index in [4.69, 9.17) is 0 Å². The Hall–Kier alpha value is -0.920. The van der Waals surface area contributed by atoms with Crippen molar-refractivity contribution in [2.24, 2.45) is 22.7 Å². The third-order valence-electron chi connectivity index (χ3n) is 3.74. The summed E-state index contributed by atoms with van der Waals surface area (Å²) in [4.78, 5) is 4.67. The van der Waals surface area contributed by atoms with Gasteiger partial charge in [0.25, 0.3) is 0 Å². The summed E-state index contributed by atoms with van der Waals surface area (Å²) in [5.41, 5.74) is 2.52. The third kappa shape index (κ3) is 7.02. The lowest BCUT2D eigenvalue weighted by Gasteiger charge is -2.23. The fraction of sp³-hybridized carbons (Fsp3) is 0.722. The Balaban J connectivity index is 5.34. The summed E-state index contributed by atoms with van der Waals surface area (Å²) in [6.07, 6.45) is 5.69. The van der Waals surface area contributed by atoms with Crippen LogP contribution in [0, 0.1) is 17.8 Å². The van der Waals surface area contributed by atoms with Crippen LogP contribution in [0.4, 0.5) is 4.39 Å². The van der Waals surface area contributed by atoms with Crippen LogP contribution in [0.15, 0.2) is 28.5 Å². The van der Waals surface area contributed by atoms with Gasteiger partial charge in [0, 0.05) is 18.2 Å². The van der Waals surface area contributed by atoms with Crippen molar-refractivity contribution in [2.45, 2.75) is 61.3 Å². The maximum atomic E-state index is 13.0. The molecule has 0 bridgehead atoms. The Labute approximate surface area is 125 Å². The first-order valence-electron chi connectivity index (χ1n) is 7.90. The molecule has 0 aromatic carbocycles. The zero-order valence-electron chi connectivity index (χ0n) is 14.3. The van der Waals surface area contributed by atoms with Gasteiger partial charge >= 0.3 is 0 Å². The van der Waals surface area contributed by atoms with Crippen LogP contribution in [0.5, 0.6) is 0 Å². The van der Waals surface area contributed by atoms with Crippen molar-refractivity contribution in [3.63, 3.8) is 0 Å². The molecule has 0 saturated carbocycles. The minimum atomic E-state index is -0.141. The van der Waals surface area contributed by atoms with E-state index in [1.807, 2.05) is 6.08 Å². The predicted molar refractivity (Wildman–Crippen MR) is 89.0 cm³/mol. The van der Waals surface area contributed by atoms with Gasteiger partial charge in [-0.1, -0.05) is 52.7 Å². The van der Waals surface area contributed by atoms with E-state index in [0.29, 0.717) is 17.8 Å². The number of rotatable bonds is 8. The highest BCUT2D eigenvalue weighted by atomic mass is 19.1. The summed E-state index contributed by atoms with van der Waals surface area (Å²) in [5, 5.41) is 0. The first-order chi connectivity index (χ1) is 9.33. The summed E-state index contributed by atoms with van der Waals surface area (Å²) in [5.74, 6) is 1.20. The van der Waals surface area contributed by atoms with Crippen LogP contribution in [-0.2, 0) is 0 Å². The summed E-state index contributed by atoms with van der Waals surface area (Å²) >= 11 is 0. The first kappa shape index (κ1) is 19.1. The lowest BCUT2D eigenvalue weighted by atomic mass is 9.84. The highest BCUT2D eigenvalue weighted by molar-refractivity contribution is 5.90. The molecule has 0 fully saturated rings. The Bertz CT molecular complexity index is 360. The minimum absolute atomic E-state index is 0.141. The quantitative estimate of drug-likeness (QED) is 0.383. The van der Waals surface area contributed by atoms with Gasteiger partial charge in [-0.2, -0.15) is 0 Å². The fourth-order valence-electron chi connectivity index (χ4n) is 2.35. The maximum Gasteiger partial charge on any atom is 0.0968 e. The van der Waals surface area contributed by atoms with Gasteiger partial charge in [0.1, 0.15) is 0 Å². The van der Waals surface area contributed by atoms with Gasteiger partial charge in [0.15, 0.2) is 0 Å². The van der Waals surface area contributed by atoms with Crippen molar-refractivity contribution in [3.05, 3.63) is 23.6 Å². The SMILES string of the molecule is CCN=C(C(C)C)C(C)/C(=C\C=C(/C)F)CC(C)CC. The van der Waals surface area contributed by atoms with Crippen LogP contribution in [-0.4, -0.2) is 12.3 Å². The van der Waals surface area contributed by atoms with Crippen molar-refractivity contribution >= 4 is 5.71 Å². The minimum Gasteiger partial charge on any atom is -0.294 e. The Morgan fingerprint density at radius 1 is 1.10 bits per heavy atom. The van der Waals surface area contributed by atoms with Crippen molar-refractivity contribution < 1.29 is 4.39 Å². The molecule has 0 spiro atoms. The average Bonchev–Trinajstić information content (AvgIpc) is 2.39. The second kappa shape index (κ2) is 9.90. The zero-order chi connectivity index (χ0) is 15.7. The first-order valence-corrected chi connectivity index (χ1v) is 7.90. The molecule has 0 saturated heterocycles. The number of nitrogens with zero attached hydrogens (tertiary/aromatic N) is 1. The summed E-state index contributed by atoms with van der Waals surface area (Å²) in [6.45, 7) is 15.4. The molecule has 1 nitrogen and oxygen atoms in total. The van der Waals surface area contributed by atoms with Gasteiger partial charge in [-0.05, 0) is 38.2 Å². The van der Waals surface area contributed by atoms with E-state index in [-0.39, 0.29) is 5.83 Å². The Morgan fingerprint density at radius 2 is 1.70 bits per heavy atom. The monoisotopic (exact) mass is 281 g/mol. The van der Waals surface area contributed by atoms with Gasteiger partial charge in [-0.25, -0.2) is 4.39 Å². The molecule has 0 aliphatic rings. The molecule has 0 heterocycles. The number of hydrogen-bond donors (Lipinski definition) is 0. The van der Waals surface area contributed by atoms with Gasteiger partial charge in [-0.3, -0.25) is 4.99 Å². The van der Waals surface area contributed by atoms with Crippen LogP contribution < -0.4 is 0 Å². The number of halogens is 1. The van der Waals surface area contributed by atoms with Crippen molar-refractivity contribution in [2.75, 3.05) is 6.54 Å². The summed E-state index contributed by atoms with van der Waals surface area (Å²) in [7, 11) is 0. The van der Waals surface area contributed by atoms with Crippen LogP contribution in [0.25, 0.3) is 0 Å². The van der Waals surface area contributed by atoms with Gasteiger partial charge in [0.2, 0.25) is 0 Å². The molecule has 2 unspecified atom stereocenters. The smallest absolute Gasteiger partial charge is 0.0968 e. The molecule has 0 aliphatic carbocycles. The molecule has 116 valence electrons. The zero-order valence-corrected chi connectivity index (χ0v) is 14.3. The molecule has 2 heteroatoms. The van der Waals surface area contributed by atoms with Crippen molar-refractivity contribution in [3.8, 4) is 0 Å². The van der Waals surface area contributed by atoms with Crippen LogP contribution >= 0.6 is 0 Å². The van der Waals surface area contributed by atoms with Crippen molar-refractivity contribution in [1.29, 1.82) is 0 Å². The summed E-state index contributed by atoms with van der Waals surface area (Å²) in [6, 6.07) is 0. The molecule has 2 atom stereocenters. The van der Waals surface area contributed by atoms with Crippen LogP contribution in [0.2, 0.25) is 0 Å². The normalized spacial score (nSPS) is 17.6. The fourth-order valence-corrected chi connectivity index (χ4v) is 2.35. The van der Waals surface area contributed by atoms with Gasteiger partial charge in [-0.15, -0.1) is 0 Å². The van der Waals surface area contributed by atoms with E-state index in [0.717, 1.165) is 19.4 Å². The molecule has 0 rings (SSSR count). The summed E-state index contributed by atoms with van der Waals surface area (Å²) < 4.78 is 13.0. The lowest BCUT2D eigenvalue weighted by Crippen LogP contribution is -2.21. The molecule has 0 aromatic heterocycles. The predicted octanol–water partition coefficient (Wildman–Crippen LogP) is 5.98. The molecule has 20 heavy (non-hydrogen) atoms. The standard InChI is InChI=1S/C18H32FN/c1-8-14(5)12-17(11-10-15(6)19)16(7)18(13(3)4)20-9-2/h10-11,13-14,16H,8-9,12H2,1-7H3/b15-10+,17-11-,20-18?. The van der Waals surface area contributed by atoms with E-state index in [1.165, 1.54) is 18.2 Å². The van der Waals surface area contributed by atoms with Crippen LogP contribution in [0.3, 0.4) is 0 Å². The maximum absolute atomic E-state index is 13.0. The molecular formula is C18H32FN. The van der Waals surface area contributed by atoms with E-state index in [2.05, 4.69) is 46.5 Å². The molecule has 0 N–H and O–H groups in total. The largest absolute Gasteiger partial charge is 0.294 e. The molecule has 0 radical (unpaired) electrons. The van der Waals surface area contributed by atoms with E-state index in [9.17, 15) is 4.39 Å². The average molecular weight is 281 g/mol. The second-order valence-corrected chi connectivity index (χ2v) is 5.99. The van der Waals surface area contributed by atoms with Gasteiger partial charge < -0.3 is 0 Å². The third-order valence-corrected chi connectivity index (χ3v) is 3.74.